The molecule has 1 aromatic rings. The fourth-order valence-electron chi connectivity index (χ4n) is 1.37. The molecule has 1 unspecified atom stereocenters. The Balaban J connectivity index is 2.50. The zero-order chi connectivity index (χ0) is 12.7. The normalized spacial score (nSPS) is 12.1. The van der Waals surface area contributed by atoms with Crippen LogP contribution >= 0.6 is 11.8 Å². The van der Waals surface area contributed by atoms with Crippen LogP contribution in [0.2, 0.25) is 0 Å². The van der Waals surface area contributed by atoms with E-state index in [0.29, 0.717) is 11.9 Å². The van der Waals surface area contributed by atoms with Gasteiger partial charge in [0.1, 0.15) is 5.82 Å². The molecular weight excluding hydrogens is 236 g/mol. The SMILES string of the molecule is CCSCCC(C)Nc1cc(C(=O)O)ccn1. The lowest BCUT2D eigenvalue weighted by Crippen LogP contribution is -2.17. The van der Waals surface area contributed by atoms with Gasteiger partial charge >= 0.3 is 5.97 Å². The molecule has 0 fully saturated rings. The molecule has 1 atom stereocenters. The monoisotopic (exact) mass is 254 g/mol. The average molecular weight is 254 g/mol. The van der Waals surface area contributed by atoms with Gasteiger partial charge in [0, 0.05) is 12.2 Å². The van der Waals surface area contributed by atoms with Crippen LogP contribution in [0.15, 0.2) is 18.3 Å². The van der Waals surface area contributed by atoms with Gasteiger partial charge in [0.15, 0.2) is 0 Å². The molecule has 0 saturated heterocycles. The minimum atomic E-state index is -0.926. The molecule has 0 aromatic carbocycles. The Kier molecular flexibility index (Phi) is 5.83. The zero-order valence-corrected chi connectivity index (χ0v) is 11.0. The van der Waals surface area contributed by atoms with Gasteiger partial charge in [0.2, 0.25) is 0 Å². The first-order valence-electron chi connectivity index (χ1n) is 5.67. The van der Waals surface area contributed by atoms with Gasteiger partial charge in [-0.1, -0.05) is 6.92 Å². The van der Waals surface area contributed by atoms with Crippen LogP contribution in [0.4, 0.5) is 5.82 Å². The number of carboxylic acids is 1. The molecule has 0 amide bonds. The second-order valence-corrected chi connectivity index (χ2v) is 5.16. The van der Waals surface area contributed by atoms with Crippen LogP contribution in [0.1, 0.15) is 30.6 Å². The van der Waals surface area contributed by atoms with Crippen molar-refractivity contribution in [3.8, 4) is 0 Å². The molecule has 2 N–H and O–H groups in total. The van der Waals surface area contributed by atoms with E-state index in [1.165, 1.54) is 12.3 Å². The maximum atomic E-state index is 10.8. The van der Waals surface area contributed by atoms with Crippen molar-refractivity contribution in [3.05, 3.63) is 23.9 Å². The average Bonchev–Trinajstić information content (AvgIpc) is 2.29. The van der Waals surface area contributed by atoms with Gasteiger partial charge in [-0.15, -0.1) is 0 Å². The number of hydrogen-bond donors (Lipinski definition) is 2. The molecule has 0 saturated carbocycles. The molecule has 0 spiro atoms. The second kappa shape index (κ2) is 7.17. The number of pyridine rings is 1. The minimum absolute atomic E-state index is 0.262. The van der Waals surface area contributed by atoms with Gasteiger partial charge in [-0.25, -0.2) is 9.78 Å². The van der Waals surface area contributed by atoms with Gasteiger partial charge in [0.25, 0.3) is 0 Å². The van der Waals surface area contributed by atoms with Gasteiger partial charge in [-0.2, -0.15) is 11.8 Å². The maximum Gasteiger partial charge on any atom is 0.335 e. The number of hydrogen-bond acceptors (Lipinski definition) is 4. The first-order valence-corrected chi connectivity index (χ1v) is 6.82. The molecule has 0 radical (unpaired) electrons. The highest BCUT2D eigenvalue weighted by atomic mass is 32.2. The quantitative estimate of drug-likeness (QED) is 0.733. The third-order valence-corrected chi connectivity index (χ3v) is 3.23. The summed E-state index contributed by atoms with van der Waals surface area (Å²) in [5, 5.41) is 12.1. The number of nitrogens with zero attached hydrogens (tertiary/aromatic N) is 1. The highest BCUT2D eigenvalue weighted by molar-refractivity contribution is 7.99. The summed E-state index contributed by atoms with van der Waals surface area (Å²) in [4.78, 5) is 14.9. The third kappa shape index (κ3) is 5.08. The van der Waals surface area contributed by atoms with Crippen molar-refractivity contribution >= 4 is 23.5 Å². The Morgan fingerprint density at radius 1 is 1.65 bits per heavy atom. The van der Waals surface area contributed by atoms with E-state index in [1.54, 1.807) is 6.07 Å². The molecule has 0 bridgehead atoms. The number of aromatic nitrogens is 1. The largest absolute Gasteiger partial charge is 0.478 e. The first-order chi connectivity index (χ1) is 8.13. The van der Waals surface area contributed by atoms with E-state index < -0.39 is 5.97 Å². The Bertz CT molecular complexity index is 371. The topological polar surface area (TPSA) is 62.2 Å². The van der Waals surface area contributed by atoms with Gasteiger partial charge in [-0.3, -0.25) is 0 Å². The van der Waals surface area contributed by atoms with Crippen LogP contribution in [-0.4, -0.2) is 33.6 Å². The van der Waals surface area contributed by atoms with E-state index in [4.69, 9.17) is 5.11 Å². The molecule has 5 heteroatoms. The van der Waals surface area contributed by atoms with Gasteiger partial charge in [0.05, 0.1) is 5.56 Å². The molecule has 1 aromatic heterocycles. The smallest absolute Gasteiger partial charge is 0.335 e. The number of rotatable bonds is 7. The van der Waals surface area contributed by atoms with Crippen molar-refractivity contribution in [2.45, 2.75) is 26.3 Å². The molecule has 1 rings (SSSR count). The number of aromatic carboxylic acids is 1. The summed E-state index contributed by atoms with van der Waals surface area (Å²) in [5.41, 5.74) is 0.262. The highest BCUT2D eigenvalue weighted by Crippen LogP contribution is 2.11. The number of anilines is 1. The molecular formula is C12H18N2O2S. The Morgan fingerprint density at radius 2 is 2.41 bits per heavy atom. The van der Waals surface area contributed by atoms with E-state index in [9.17, 15) is 4.79 Å². The van der Waals surface area contributed by atoms with E-state index in [0.717, 1.165) is 17.9 Å². The number of nitrogens with one attached hydrogen (secondary N) is 1. The van der Waals surface area contributed by atoms with Crippen LogP contribution in [0.5, 0.6) is 0 Å². The van der Waals surface area contributed by atoms with E-state index >= 15 is 0 Å². The summed E-state index contributed by atoms with van der Waals surface area (Å²) in [6.45, 7) is 4.21. The molecule has 17 heavy (non-hydrogen) atoms. The van der Waals surface area contributed by atoms with Crippen LogP contribution in [-0.2, 0) is 0 Å². The first kappa shape index (κ1) is 13.8. The Hall–Kier alpha value is -1.23. The number of carbonyl (C=O) groups is 1. The molecule has 0 aliphatic carbocycles. The lowest BCUT2D eigenvalue weighted by molar-refractivity contribution is 0.0697. The second-order valence-electron chi connectivity index (χ2n) is 3.77. The van der Waals surface area contributed by atoms with Crippen LogP contribution in [0.3, 0.4) is 0 Å². The molecule has 4 nitrogen and oxygen atoms in total. The summed E-state index contributed by atoms with van der Waals surface area (Å²) in [7, 11) is 0. The summed E-state index contributed by atoms with van der Waals surface area (Å²) in [6, 6.07) is 3.35. The molecule has 94 valence electrons. The fourth-order valence-corrected chi connectivity index (χ4v) is 2.18. The minimum Gasteiger partial charge on any atom is -0.478 e. The van der Waals surface area contributed by atoms with Crippen molar-refractivity contribution in [2.75, 3.05) is 16.8 Å². The highest BCUT2D eigenvalue weighted by Gasteiger charge is 2.06. The van der Waals surface area contributed by atoms with Crippen LogP contribution in [0.25, 0.3) is 0 Å². The number of thioether (sulfide) groups is 1. The predicted molar refractivity (Wildman–Crippen MR) is 71.9 cm³/mol. The van der Waals surface area contributed by atoms with Gasteiger partial charge < -0.3 is 10.4 Å². The lowest BCUT2D eigenvalue weighted by atomic mass is 10.2. The van der Waals surface area contributed by atoms with Crippen molar-refractivity contribution < 1.29 is 9.90 Å². The third-order valence-electron chi connectivity index (χ3n) is 2.30. The molecule has 1 heterocycles. The summed E-state index contributed by atoms with van der Waals surface area (Å²) in [5.74, 6) is 1.92. The Labute approximate surface area is 106 Å². The summed E-state index contributed by atoms with van der Waals surface area (Å²) in [6.07, 6.45) is 2.55. The molecule has 0 aliphatic rings. The zero-order valence-electron chi connectivity index (χ0n) is 10.1. The van der Waals surface area contributed by atoms with Crippen molar-refractivity contribution in [3.63, 3.8) is 0 Å². The number of carboxylic acid groups (broad SMARTS) is 1. The van der Waals surface area contributed by atoms with E-state index in [2.05, 4.69) is 24.1 Å². The maximum absolute atomic E-state index is 10.8. The van der Waals surface area contributed by atoms with E-state index in [1.807, 2.05) is 11.8 Å². The van der Waals surface area contributed by atoms with Gasteiger partial charge in [-0.05, 0) is 37.0 Å². The molecule has 0 aliphatic heterocycles. The Morgan fingerprint density at radius 3 is 3.06 bits per heavy atom. The van der Waals surface area contributed by atoms with E-state index in [-0.39, 0.29) is 5.56 Å². The predicted octanol–water partition coefficient (Wildman–Crippen LogP) is 2.72. The van der Waals surface area contributed by atoms with Crippen LogP contribution in [0, 0.1) is 0 Å². The fraction of sp³-hybridized carbons (Fsp3) is 0.500. The lowest BCUT2D eigenvalue weighted by Gasteiger charge is -2.14. The summed E-state index contributed by atoms with van der Waals surface area (Å²) < 4.78 is 0. The standard InChI is InChI=1S/C12H18N2O2S/c1-3-17-7-5-9(2)14-11-8-10(12(15)16)4-6-13-11/h4,6,8-9H,3,5,7H2,1-2H3,(H,13,14)(H,15,16). The van der Waals surface area contributed by atoms with Crippen molar-refractivity contribution in [1.29, 1.82) is 0 Å². The van der Waals surface area contributed by atoms with Crippen molar-refractivity contribution in [2.24, 2.45) is 0 Å². The van der Waals surface area contributed by atoms with Crippen molar-refractivity contribution in [1.82, 2.24) is 4.98 Å². The van der Waals surface area contributed by atoms with Crippen LogP contribution < -0.4 is 5.32 Å². The summed E-state index contributed by atoms with van der Waals surface area (Å²) >= 11 is 1.90.